The van der Waals surface area contributed by atoms with Gasteiger partial charge in [0.2, 0.25) is 0 Å². The highest BCUT2D eigenvalue weighted by Crippen LogP contribution is 2.16. The molecule has 0 amide bonds. The topological polar surface area (TPSA) is 74.3 Å². The molecule has 0 aliphatic heterocycles. The highest BCUT2D eigenvalue weighted by Gasteiger charge is 2.03. The maximum Gasteiger partial charge on any atom is 0.191 e. The van der Waals surface area contributed by atoms with Gasteiger partial charge < -0.3 is 20.4 Å². The molecular weight excluding hydrogens is 405 g/mol. The number of nitrogens with one attached hydrogen (secondary N) is 3. The van der Waals surface area contributed by atoms with Gasteiger partial charge in [-0.3, -0.25) is 0 Å². The van der Waals surface area contributed by atoms with Gasteiger partial charge in [0.05, 0.1) is 18.5 Å². The average molecular weight is 429 g/mol. The Balaban J connectivity index is 0.00000264. The number of aromatic nitrogens is 2. The zero-order valence-electron chi connectivity index (χ0n) is 13.5. The molecule has 23 heavy (non-hydrogen) atoms. The van der Waals surface area contributed by atoms with Crippen molar-refractivity contribution in [1.82, 2.24) is 20.6 Å². The molecule has 2 rings (SSSR count). The van der Waals surface area contributed by atoms with Gasteiger partial charge in [-0.05, 0) is 12.5 Å². The van der Waals surface area contributed by atoms with Crippen LogP contribution in [0.2, 0.25) is 0 Å². The molecule has 0 aliphatic rings. The van der Waals surface area contributed by atoms with E-state index in [1.807, 2.05) is 31.3 Å². The number of hydrogen-bond acceptors (Lipinski definition) is 3. The average Bonchev–Trinajstić information content (AvgIpc) is 3.03. The molecule has 0 saturated carbocycles. The lowest BCUT2D eigenvalue weighted by Gasteiger charge is -2.10. The summed E-state index contributed by atoms with van der Waals surface area (Å²) < 4.78 is 5.02. The number of imidazole rings is 1. The summed E-state index contributed by atoms with van der Waals surface area (Å²) >= 11 is 0. The minimum atomic E-state index is 0. The van der Waals surface area contributed by atoms with E-state index in [4.69, 9.17) is 4.74 Å². The second-order valence-electron chi connectivity index (χ2n) is 4.72. The minimum Gasteiger partial charge on any atom is -0.383 e. The van der Waals surface area contributed by atoms with Crippen LogP contribution in [0.4, 0.5) is 0 Å². The summed E-state index contributed by atoms with van der Waals surface area (Å²) in [6.45, 7) is 4.70. The van der Waals surface area contributed by atoms with Gasteiger partial charge in [-0.25, -0.2) is 9.98 Å². The van der Waals surface area contributed by atoms with Crippen molar-refractivity contribution in [2.24, 2.45) is 4.99 Å². The van der Waals surface area contributed by atoms with Crippen LogP contribution in [0, 0.1) is 0 Å². The van der Waals surface area contributed by atoms with Crippen LogP contribution in [0.15, 0.2) is 41.5 Å². The Kier molecular flexibility index (Phi) is 9.30. The first-order valence-corrected chi connectivity index (χ1v) is 7.44. The van der Waals surface area contributed by atoms with Gasteiger partial charge in [-0.2, -0.15) is 0 Å². The summed E-state index contributed by atoms with van der Waals surface area (Å²) in [4.78, 5) is 12.2. The van der Waals surface area contributed by atoms with Crippen LogP contribution in [-0.4, -0.2) is 42.7 Å². The van der Waals surface area contributed by atoms with Gasteiger partial charge in [0.25, 0.3) is 0 Å². The molecule has 0 saturated heterocycles. The third kappa shape index (κ3) is 6.57. The predicted molar refractivity (Wildman–Crippen MR) is 104 cm³/mol. The van der Waals surface area contributed by atoms with Gasteiger partial charge in [0.1, 0.15) is 12.4 Å². The first kappa shape index (κ1) is 19.4. The van der Waals surface area contributed by atoms with Crippen LogP contribution in [0.25, 0.3) is 11.3 Å². The highest BCUT2D eigenvalue weighted by atomic mass is 127. The first-order valence-electron chi connectivity index (χ1n) is 7.44. The molecule has 0 aliphatic carbocycles. The molecule has 0 atom stereocenters. The molecular formula is C16H24IN5O. The number of methoxy groups -OCH3 is 1. The van der Waals surface area contributed by atoms with E-state index in [0.29, 0.717) is 13.2 Å². The fraction of sp³-hybridized carbons (Fsp3) is 0.375. The Bertz CT molecular complexity index is 585. The van der Waals surface area contributed by atoms with Gasteiger partial charge in [-0.15, -0.1) is 24.0 Å². The largest absolute Gasteiger partial charge is 0.383 e. The van der Waals surface area contributed by atoms with Crippen molar-refractivity contribution < 1.29 is 4.74 Å². The lowest BCUT2D eigenvalue weighted by Crippen LogP contribution is -2.38. The number of halogens is 1. The van der Waals surface area contributed by atoms with Crippen molar-refractivity contribution in [2.45, 2.75) is 13.5 Å². The molecule has 0 radical (unpaired) electrons. The number of rotatable bonds is 7. The summed E-state index contributed by atoms with van der Waals surface area (Å²) in [6, 6.07) is 10.1. The fourth-order valence-corrected chi connectivity index (χ4v) is 1.97. The number of H-pyrrole nitrogens is 1. The van der Waals surface area contributed by atoms with Crippen LogP contribution in [-0.2, 0) is 11.3 Å². The minimum absolute atomic E-state index is 0. The monoisotopic (exact) mass is 429 g/mol. The molecule has 6 nitrogen and oxygen atoms in total. The van der Waals surface area contributed by atoms with Crippen molar-refractivity contribution in [3.05, 3.63) is 42.4 Å². The number of nitrogens with zero attached hydrogens (tertiary/aromatic N) is 2. The lowest BCUT2D eigenvalue weighted by molar-refractivity contribution is 0.203. The molecule has 0 bridgehead atoms. The number of aliphatic imine (C=N–C) groups is 1. The van der Waals surface area contributed by atoms with Gasteiger partial charge in [0.15, 0.2) is 5.96 Å². The predicted octanol–water partition coefficient (Wildman–Crippen LogP) is 2.40. The van der Waals surface area contributed by atoms with E-state index in [-0.39, 0.29) is 24.0 Å². The highest BCUT2D eigenvalue weighted by molar-refractivity contribution is 14.0. The lowest BCUT2D eigenvalue weighted by atomic mass is 10.2. The molecule has 1 heterocycles. The van der Waals surface area contributed by atoms with Crippen LogP contribution in [0.5, 0.6) is 0 Å². The van der Waals surface area contributed by atoms with E-state index in [1.165, 1.54) is 0 Å². The number of aromatic amines is 1. The number of benzene rings is 1. The normalized spacial score (nSPS) is 11.0. The van der Waals surface area contributed by atoms with Crippen LogP contribution < -0.4 is 10.6 Å². The Labute approximate surface area is 154 Å². The molecule has 1 aromatic heterocycles. The third-order valence-corrected chi connectivity index (χ3v) is 3.04. The maximum absolute atomic E-state index is 5.02. The standard InChI is InChI=1S/C16H23N5O.HI/c1-3-17-16(18-9-10-22-2)20-12-15-19-11-14(21-15)13-7-5-4-6-8-13;/h4-8,11H,3,9-10,12H2,1-2H3,(H,19,21)(H2,17,18,20);1H. The van der Waals surface area contributed by atoms with Crippen LogP contribution in [0.3, 0.4) is 0 Å². The Morgan fingerprint density at radius 1 is 1.26 bits per heavy atom. The SMILES string of the molecule is CCNC(=NCc1ncc(-c2ccccc2)[nH]1)NCCOC.I. The second-order valence-corrected chi connectivity index (χ2v) is 4.72. The Morgan fingerprint density at radius 2 is 2.04 bits per heavy atom. The van der Waals surface area contributed by atoms with Gasteiger partial charge in [0, 0.05) is 20.2 Å². The van der Waals surface area contributed by atoms with Crippen molar-refractivity contribution >= 4 is 29.9 Å². The van der Waals surface area contributed by atoms with Gasteiger partial charge >= 0.3 is 0 Å². The fourth-order valence-electron chi connectivity index (χ4n) is 1.97. The summed E-state index contributed by atoms with van der Waals surface area (Å²) in [6.07, 6.45) is 1.84. The van der Waals surface area contributed by atoms with Gasteiger partial charge in [-0.1, -0.05) is 30.3 Å². The zero-order valence-corrected chi connectivity index (χ0v) is 15.8. The summed E-state index contributed by atoms with van der Waals surface area (Å²) in [7, 11) is 1.68. The van der Waals surface area contributed by atoms with E-state index in [2.05, 4.69) is 37.7 Å². The molecule has 2 aromatic rings. The quantitative estimate of drug-likeness (QED) is 0.274. The van der Waals surface area contributed by atoms with E-state index in [1.54, 1.807) is 7.11 Å². The second kappa shape index (κ2) is 11.0. The van der Waals surface area contributed by atoms with Crippen LogP contribution in [0.1, 0.15) is 12.7 Å². The smallest absolute Gasteiger partial charge is 0.191 e. The van der Waals surface area contributed by atoms with Crippen molar-refractivity contribution in [3.8, 4) is 11.3 Å². The maximum atomic E-state index is 5.02. The van der Waals surface area contributed by atoms with E-state index in [9.17, 15) is 0 Å². The van der Waals surface area contributed by atoms with E-state index >= 15 is 0 Å². The zero-order chi connectivity index (χ0) is 15.6. The molecule has 0 spiro atoms. The summed E-state index contributed by atoms with van der Waals surface area (Å²) in [5.41, 5.74) is 2.12. The first-order chi connectivity index (χ1) is 10.8. The molecule has 7 heteroatoms. The molecule has 126 valence electrons. The molecule has 0 fully saturated rings. The number of hydrogen-bond donors (Lipinski definition) is 3. The van der Waals surface area contributed by atoms with Crippen molar-refractivity contribution in [3.63, 3.8) is 0 Å². The molecule has 0 unspecified atom stereocenters. The molecule has 1 aromatic carbocycles. The van der Waals surface area contributed by atoms with Crippen LogP contribution >= 0.6 is 24.0 Å². The van der Waals surface area contributed by atoms with E-state index in [0.717, 1.165) is 36.1 Å². The number of guanidine groups is 1. The summed E-state index contributed by atoms with van der Waals surface area (Å²) in [5.74, 6) is 1.60. The van der Waals surface area contributed by atoms with E-state index < -0.39 is 0 Å². The summed E-state index contributed by atoms with van der Waals surface area (Å²) in [5, 5.41) is 6.39. The van der Waals surface area contributed by atoms with Crippen molar-refractivity contribution in [2.75, 3.05) is 26.8 Å². The number of ether oxygens (including phenoxy) is 1. The third-order valence-electron chi connectivity index (χ3n) is 3.04. The van der Waals surface area contributed by atoms with Crippen molar-refractivity contribution in [1.29, 1.82) is 0 Å². The Morgan fingerprint density at radius 3 is 2.74 bits per heavy atom. The Hall–Kier alpha value is -1.61. The molecule has 3 N–H and O–H groups in total.